The van der Waals surface area contributed by atoms with Crippen LogP contribution in [0.1, 0.15) is 16.8 Å². The number of esters is 1. The van der Waals surface area contributed by atoms with E-state index in [0.29, 0.717) is 29.3 Å². The molecule has 3 rings (SSSR count). The highest BCUT2D eigenvalue weighted by atomic mass is 32.2. The summed E-state index contributed by atoms with van der Waals surface area (Å²) in [6.45, 7) is 0.439. The molecule has 5 nitrogen and oxygen atoms in total. The fourth-order valence-corrected chi connectivity index (χ4v) is 2.98. The standard InChI is InChI=1S/C16H13FN2O3S/c17-11-2-4-12(5-3-11)19-15(20)10-1-6-14(18-9-10)23-13-7-8-22-16(13)21/h1-6,9,13H,7-8H2,(H,19,20). The van der Waals surface area contributed by atoms with Gasteiger partial charge in [-0.25, -0.2) is 9.37 Å². The van der Waals surface area contributed by atoms with Crippen LogP contribution in [0.5, 0.6) is 0 Å². The number of carbonyl (C=O) groups is 2. The molecule has 1 N–H and O–H groups in total. The van der Waals surface area contributed by atoms with Gasteiger partial charge in [-0.3, -0.25) is 9.59 Å². The molecule has 1 aromatic carbocycles. The van der Waals surface area contributed by atoms with Crippen molar-refractivity contribution in [3.05, 3.63) is 54.0 Å². The maximum Gasteiger partial charge on any atom is 0.319 e. The van der Waals surface area contributed by atoms with Gasteiger partial charge in [-0.1, -0.05) is 11.8 Å². The van der Waals surface area contributed by atoms with Gasteiger partial charge in [0.25, 0.3) is 5.91 Å². The molecule has 0 radical (unpaired) electrons. The number of cyclic esters (lactones) is 1. The van der Waals surface area contributed by atoms with Gasteiger partial charge in [-0.15, -0.1) is 0 Å². The Morgan fingerprint density at radius 2 is 2.04 bits per heavy atom. The number of hydrogen-bond acceptors (Lipinski definition) is 5. The number of hydrogen-bond donors (Lipinski definition) is 1. The highest BCUT2D eigenvalue weighted by Crippen LogP contribution is 2.28. The second-order valence-corrected chi connectivity index (χ2v) is 6.13. The lowest BCUT2D eigenvalue weighted by molar-refractivity contribution is -0.137. The van der Waals surface area contributed by atoms with Crippen LogP contribution in [-0.4, -0.2) is 28.7 Å². The first-order valence-electron chi connectivity index (χ1n) is 6.98. The van der Waals surface area contributed by atoms with Crippen LogP contribution in [-0.2, 0) is 9.53 Å². The lowest BCUT2D eigenvalue weighted by atomic mass is 10.2. The Morgan fingerprint density at radius 3 is 2.65 bits per heavy atom. The molecule has 0 bridgehead atoms. The minimum atomic E-state index is -0.364. The zero-order chi connectivity index (χ0) is 16.2. The number of pyridine rings is 1. The van der Waals surface area contributed by atoms with Crippen LogP contribution in [0.25, 0.3) is 0 Å². The molecule has 2 heterocycles. The molecular formula is C16H13FN2O3S. The van der Waals surface area contributed by atoms with Crippen molar-refractivity contribution in [2.75, 3.05) is 11.9 Å². The van der Waals surface area contributed by atoms with Crippen LogP contribution in [0.4, 0.5) is 10.1 Å². The third kappa shape index (κ3) is 3.87. The summed E-state index contributed by atoms with van der Waals surface area (Å²) in [5.74, 6) is -0.924. The van der Waals surface area contributed by atoms with Gasteiger partial charge >= 0.3 is 5.97 Å². The third-order valence-electron chi connectivity index (χ3n) is 3.25. The largest absolute Gasteiger partial charge is 0.465 e. The number of anilines is 1. The van der Waals surface area contributed by atoms with E-state index in [1.165, 1.54) is 42.2 Å². The normalized spacial score (nSPS) is 16.9. The van der Waals surface area contributed by atoms with Gasteiger partial charge in [0.2, 0.25) is 0 Å². The maximum atomic E-state index is 12.8. The second kappa shape index (κ2) is 6.78. The van der Waals surface area contributed by atoms with E-state index in [4.69, 9.17) is 4.74 Å². The Balaban J connectivity index is 1.63. The van der Waals surface area contributed by atoms with Crippen molar-refractivity contribution in [2.45, 2.75) is 16.7 Å². The monoisotopic (exact) mass is 332 g/mol. The summed E-state index contributed by atoms with van der Waals surface area (Å²) in [6, 6.07) is 8.83. The van der Waals surface area contributed by atoms with E-state index in [-0.39, 0.29) is 22.9 Å². The highest BCUT2D eigenvalue weighted by Gasteiger charge is 2.27. The lowest BCUT2D eigenvalue weighted by Crippen LogP contribution is -2.12. The lowest BCUT2D eigenvalue weighted by Gasteiger charge is -2.07. The smallest absolute Gasteiger partial charge is 0.319 e. The van der Waals surface area contributed by atoms with Crippen LogP contribution in [0, 0.1) is 5.82 Å². The Bertz CT molecular complexity index is 719. The number of aromatic nitrogens is 1. The predicted molar refractivity (Wildman–Crippen MR) is 83.8 cm³/mol. The molecule has 1 fully saturated rings. The molecule has 7 heteroatoms. The topological polar surface area (TPSA) is 68.3 Å². The number of ether oxygens (including phenoxy) is 1. The van der Waals surface area contributed by atoms with E-state index in [1.807, 2.05) is 0 Å². The summed E-state index contributed by atoms with van der Waals surface area (Å²) in [4.78, 5) is 27.7. The molecule has 1 atom stereocenters. The van der Waals surface area contributed by atoms with E-state index in [9.17, 15) is 14.0 Å². The van der Waals surface area contributed by atoms with Crippen LogP contribution in [0.2, 0.25) is 0 Å². The Morgan fingerprint density at radius 1 is 1.26 bits per heavy atom. The van der Waals surface area contributed by atoms with Gasteiger partial charge in [0.15, 0.2) is 0 Å². The van der Waals surface area contributed by atoms with Crippen molar-refractivity contribution >= 4 is 29.3 Å². The minimum Gasteiger partial charge on any atom is -0.465 e. The number of amides is 1. The van der Waals surface area contributed by atoms with Gasteiger partial charge in [0, 0.05) is 18.3 Å². The number of nitrogens with zero attached hydrogens (tertiary/aromatic N) is 1. The fourth-order valence-electron chi connectivity index (χ4n) is 2.05. The van der Waals surface area contributed by atoms with Crippen molar-refractivity contribution < 1.29 is 18.7 Å². The summed E-state index contributed by atoms with van der Waals surface area (Å²) < 4.78 is 17.7. The van der Waals surface area contributed by atoms with Crippen molar-refractivity contribution in [2.24, 2.45) is 0 Å². The van der Waals surface area contributed by atoms with Crippen molar-refractivity contribution in [1.82, 2.24) is 4.98 Å². The number of rotatable bonds is 4. The van der Waals surface area contributed by atoms with Gasteiger partial charge in [0.1, 0.15) is 11.1 Å². The van der Waals surface area contributed by atoms with Crippen LogP contribution in [0.3, 0.4) is 0 Å². The maximum absolute atomic E-state index is 12.8. The van der Waals surface area contributed by atoms with E-state index in [1.54, 1.807) is 12.1 Å². The quantitative estimate of drug-likeness (QED) is 0.872. The molecule has 0 saturated carbocycles. The van der Waals surface area contributed by atoms with E-state index >= 15 is 0 Å². The summed E-state index contributed by atoms with van der Waals surface area (Å²) in [5.41, 5.74) is 0.885. The number of halogens is 1. The Hall–Kier alpha value is -2.41. The second-order valence-electron chi connectivity index (χ2n) is 4.91. The zero-order valence-electron chi connectivity index (χ0n) is 12.0. The SMILES string of the molecule is O=C(Nc1ccc(F)cc1)c1ccc(SC2CCOC2=O)nc1. The average Bonchev–Trinajstić information content (AvgIpc) is 2.95. The molecule has 1 amide bonds. The number of carbonyl (C=O) groups excluding carboxylic acids is 2. The van der Waals surface area contributed by atoms with Gasteiger partial charge in [0.05, 0.1) is 17.2 Å². The van der Waals surface area contributed by atoms with Crippen molar-refractivity contribution in [3.8, 4) is 0 Å². The van der Waals surface area contributed by atoms with Crippen molar-refractivity contribution in [1.29, 1.82) is 0 Å². The summed E-state index contributed by atoms with van der Waals surface area (Å²) >= 11 is 1.33. The molecule has 2 aromatic rings. The van der Waals surface area contributed by atoms with Gasteiger partial charge < -0.3 is 10.1 Å². The fraction of sp³-hybridized carbons (Fsp3) is 0.188. The molecule has 1 aliphatic rings. The summed E-state index contributed by atoms with van der Waals surface area (Å²) in [6.07, 6.45) is 2.11. The average molecular weight is 332 g/mol. The summed E-state index contributed by atoms with van der Waals surface area (Å²) in [7, 11) is 0. The number of benzene rings is 1. The molecule has 0 spiro atoms. The minimum absolute atomic E-state index is 0.227. The molecule has 1 aromatic heterocycles. The molecule has 1 unspecified atom stereocenters. The highest BCUT2D eigenvalue weighted by molar-refractivity contribution is 8.00. The summed E-state index contributed by atoms with van der Waals surface area (Å²) in [5, 5.41) is 3.08. The molecule has 1 saturated heterocycles. The Labute approximate surface area is 136 Å². The molecule has 118 valence electrons. The Kier molecular flexibility index (Phi) is 4.57. The molecule has 23 heavy (non-hydrogen) atoms. The van der Waals surface area contributed by atoms with E-state index < -0.39 is 0 Å². The van der Waals surface area contributed by atoms with Crippen LogP contribution in [0.15, 0.2) is 47.6 Å². The van der Waals surface area contributed by atoms with Crippen LogP contribution < -0.4 is 5.32 Å². The van der Waals surface area contributed by atoms with Crippen molar-refractivity contribution in [3.63, 3.8) is 0 Å². The molecular weight excluding hydrogens is 319 g/mol. The molecule has 0 aliphatic carbocycles. The van der Waals surface area contributed by atoms with E-state index in [2.05, 4.69) is 10.3 Å². The molecule has 1 aliphatic heterocycles. The van der Waals surface area contributed by atoms with Gasteiger partial charge in [-0.05, 0) is 36.4 Å². The van der Waals surface area contributed by atoms with Gasteiger partial charge in [-0.2, -0.15) is 0 Å². The first-order valence-corrected chi connectivity index (χ1v) is 7.86. The number of nitrogens with one attached hydrogen (secondary N) is 1. The zero-order valence-corrected chi connectivity index (χ0v) is 12.8. The first-order chi connectivity index (χ1) is 11.1. The van der Waals surface area contributed by atoms with Crippen LogP contribution >= 0.6 is 11.8 Å². The predicted octanol–water partition coefficient (Wildman–Crippen LogP) is 2.88. The first kappa shape index (κ1) is 15.5. The number of thioether (sulfide) groups is 1. The third-order valence-corrected chi connectivity index (χ3v) is 4.45. The van der Waals surface area contributed by atoms with E-state index in [0.717, 1.165) is 0 Å².